The van der Waals surface area contributed by atoms with Crippen molar-refractivity contribution in [3.05, 3.63) is 82.9 Å². The van der Waals surface area contributed by atoms with Gasteiger partial charge in [-0.1, -0.05) is 36.4 Å². The summed E-state index contributed by atoms with van der Waals surface area (Å²) in [6, 6.07) is 14.1. The van der Waals surface area contributed by atoms with Gasteiger partial charge in [-0.3, -0.25) is 4.79 Å². The average molecular weight is 383 g/mol. The zero-order valence-electron chi connectivity index (χ0n) is 16.1. The Labute approximate surface area is 163 Å². The fraction of sp³-hybridized carbons (Fsp3) is 0.273. The lowest BCUT2D eigenvalue weighted by atomic mass is 9.99. The molecule has 5 nitrogen and oxygen atoms in total. The van der Waals surface area contributed by atoms with Crippen LogP contribution in [0.2, 0.25) is 0 Å². The summed E-state index contributed by atoms with van der Waals surface area (Å²) in [7, 11) is 1.65. The zero-order chi connectivity index (χ0) is 20.3. The normalized spacial score (nSPS) is 16.6. The van der Waals surface area contributed by atoms with Gasteiger partial charge in [0.05, 0.1) is 6.08 Å². The van der Waals surface area contributed by atoms with Crippen LogP contribution in [0.1, 0.15) is 30.5 Å². The van der Waals surface area contributed by atoms with Gasteiger partial charge in [0, 0.05) is 27.4 Å². The van der Waals surface area contributed by atoms with Crippen molar-refractivity contribution in [2.75, 3.05) is 7.05 Å². The monoisotopic (exact) mass is 383 g/mol. The minimum atomic E-state index is -1.07. The molecular weight excluding hydrogens is 361 g/mol. The van der Waals surface area contributed by atoms with E-state index in [1.807, 2.05) is 24.3 Å². The van der Waals surface area contributed by atoms with Crippen LogP contribution in [0, 0.1) is 5.82 Å². The van der Waals surface area contributed by atoms with Crippen LogP contribution in [0.15, 0.2) is 60.4 Å². The molecule has 0 N–H and O–H groups in total. The van der Waals surface area contributed by atoms with E-state index in [0.29, 0.717) is 13.0 Å². The molecule has 1 heterocycles. The maximum absolute atomic E-state index is 13.1. The zero-order valence-corrected chi connectivity index (χ0v) is 16.1. The van der Waals surface area contributed by atoms with Crippen LogP contribution in [0.25, 0.3) is 0 Å². The van der Waals surface area contributed by atoms with Gasteiger partial charge in [0.1, 0.15) is 5.82 Å². The maximum Gasteiger partial charge on any atom is 0.377 e. The van der Waals surface area contributed by atoms with Crippen molar-refractivity contribution in [2.45, 2.75) is 32.6 Å². The Morgan fingerprint density at radius 2 is 1.71 bits per heavy atom. The SMILES string of the molecule is CN(Cc1ccccc1Cc1ccc(F)cc1)C(=O)/C=C1\OC(C)(C)OC1=O. The number of rotatable bonds is 5. The predicted molar refractivity (Wildman–Crippen MR) is 101 cm³/mol. The third kappa shape index (κ3) is 4.76. The molecule has 0 aliphatic carbocycles. The fourth-order valence-electron chi connectivity index (χ4n) is 2.95. The van der Waals surface area contributed by atoms with Crippen molar-refractivity contribution in [3.8, 4) is 0 Å². The molecule has 2 aromatic carbocycles. The second-order valence-corrected chi connectivity index (χ2v) is 7.17. The average Bonchev–Trinajstić information content (AvgIpc) is 2.90. The third-order valence-electron chi connectivity index (χ3n) is 4.36. The van der Waals surface area contributed by atoms with Gasteiger partial charge in [-0.05, 0) is 35.2 Å². The van der Waals surface area contributed by atoms with Crippen LogP contribution in [-0.4, -0.2) is 29.6 Å². The molecule has 0 bridgehead atoms. The van der Waals surface area contributed by atoms with Crippen LogP contribution in [0.5, 0.6) is 0 Å². The Morgan fingerprint density at radius 3 is 2.32 bits per heavy atom. The summed E-state index contributed by atoms with van der Waals surface area (Å²) in [5.41, 5.74) is 2.99. The molecule has 6 heteroatoms. The molecule has 0 saturated carbocycles. The first-order chi connectivity index (χ1) is 13.2. The van der Waals surface area contributed by atoms with Crippen molar-refractivity contribution in [1.82, 2.24) is 4.90 Å². The summed E-state index contributed by atoms with van der Waals surface area (Å²) < 4.78 is 23.5. The number of likely N-dealkylation sites (N-methyl/N-ethyl adjacent to an activating group) is 1. The van der Waals surface area contributed by atoms with Crippen LogP contribution < -0.4 is 0 Å². The third-order valence-corrected chi connectivity index (χ3v) is 4.36. The van der Waals surface area contributed by atoms with Gasteiger partial charge in [0.25, 0.3) is 5.91 Å². The van der Waals surface area contributed by atoms with Crippen LogP contribution >= 0.6 is 0 Å². The Balaban J connectivity index is 1.72. The second-order valence-electron chi connectivity index (χ2n) is 7.17. The first kappa shape index (κ1) is 19.6. The van der Waals surface area contributed by atoms with Gasteiger partial charge >= 0.3 is 5.97 Å². The van der Waals surface area contributed by atoms with Crippen molar-refractivity contribution < 1.29 is 23.5 Å². The van der Waals surface area contributed by atoms with E-state index < -0.39 is 11.8 Å². The Bertz CT molecular complexity index is 918. The van der Waals surface area contributed by atoms with Crippen molar-refractivity contribution in [3.63, 3.8) is 0 Å². The van der Waals surface area contributed by atoms with E-state index in [9.17, 15) is 14.0 Å². The molecule has 0 aromatic heterocycles. The molecule has 1 aliphatic rings. The van der Waals surface area contributed by atoms with Gasteiger partial charge < -0.3 is 14.4 Å². The summed E-state index contributed by atoms with van der Waals surface area (Å²) >= 11 is 0. The minimum absolute atomic E-state index is 0.0959. The molecule has 0 unspecified atom stereocenters. The number of hydrogen-bond acceptors (Lipinski definition) is 4. The van der Waals surface area contributed by atoms with E-state index in [4.69, 9.17) is 9.47 Å². The largest absolute Gasteiger partial charge is 0.445 e. The number of ether oxygens (including phenoxy) is 2. The lowest BCUT2D eigenvalue weighted by Gasteiger charge is -2.18. The number of nitrogens with zero attached hydrogens (tertiary/aromatic N) is 1. The summed E-state index contributed by atoms with van der Waals surface area (Å²) in [5.74, 6) is -2.44. The number of halogens is 1. The van der Waals surface area contributed by atoms with Crippen molar-refractivity contribution in [2.24, 2.45) is 0 Å². The molecular formula is C22H22FNO4. The van der Waals surface area contributed by atoms with Gasteiger partial charge in [-0.2, -0.15) is 0 Å². The lowest BCUT2D eigenvalue weighted by molar-refractivity contribution is -0.159. The fourth-order valence-corrected chi connectivity index (χ4v) is 2.95. The predicted octanol–water partition coefficient (Wildman–Crippen LogP) is 3.57. The summed E-state index contributed by atoms with van der Waals surface area (Å²) in [6.07, 6.45) is 1.78. The van der Waals surface area contributed by atoms with Gasteiger partial charge in [-0.25, -0.2) is 9.18 Å². The maximum atomic E-state index is 13.1. The number of benzene rings is 2. The van der Waals surface area contributed by atoms with Crippen molar-refractivity contribution in [1.29, 1.82) is 0 Å². The molecule has 1 amide bonds. The summed E-state index contributed by atoms with van der Waals surface area (Å²) in [5, 5.41) is 0. The highest BCUT2D eigenvalue weighted by Gasteiger charge is 2.38. The van der Waals surface area contributed by atoms with E-state index in [2.05, 4.69) is 0 Å². The highest BCUT2D eigenvalue weighted by atomic mass is 19.1. The summed E-state index contributed by atoms with van der Waals surface area (Å²) in [4.78, 5) is 25.8. The Morgan fingerprint density at radius 1 is 1.07 bits per heavy atom. The Hall–Kier alpha value is -3.15. The molecule has 3 rings (SSSR count). The van der Waals surface area contributed by atoms with Gasteiger partial charge in [0.2, 0.25) is 11.5 Å². The number of esters is 1. The molecule has 146 valence electrons. The minimum Gasteiger partial charge on any atom is -0.445 e. The number of hydrogen-bond donors (Lipinski definition) is 0. The number of cyclic esters (lactones) is 1. The van der Waals surface area contributed by atoms with Crippen molar-refractivity contribution >= 4 is 11.9 Å². The first-order valence-electron chi connectivity index (χ1n) is 8.94. The molecule has 0 radical (unpaired) electrons. The van der Waals surface area contributed by atoms with Gasteiger partial charge in [-0.15, -0.1) is 0 Å². The molecule has 0 atom stereocenters. The second kappa shape index (κ2) is 7.84. The summed E-state index contributed by atoms with van der Waals surface area (Å²) in [6.45, 7) is 3.57. The highest BCUT2D eigenvalue weighted by Crippen LogP contribution is 2.26. The standard InChI is InChI=1S/C22H22FNO4/c1-22(2)27-19(21(26)28-22)13-20(25)24(3)14-17-7-5-4-6-16(17)12-15-8-10-18(23)11-9-15/h4-11,13H,12,14H2,1-3H3/b19-13-. The topological polar surface area (TPSA) is 55.8 Å². The van der Waals surface area contributed by atoms with Crippen LogP contribution in [0.3, 0.4) is 0 Å². The molecule has 1 aliphatic heterocycles. The smallest absolute Gasteiger partial charge is 0.377 e. The highest BCUT2D eigenvalue weighted by molar-refractivity contribution is 5.97. The number of carbonyl (C=O) groups is 2. The van der Waals surface area contributed by atoms with Gasteiger partial charge in [0.15, 0.2) is 0 Å². The molecule has 0 spiro atoms. The van der Waals surface area contributed by atoms with E-state index >= 15 is 0 Å². The van der Waals surface area contributed by atoms with E-state index in [0.717, 1.165) is 22.8 Å². The first-order valence-corrected chi connectivity index (χ1v) is 8.94. The Kier molecular flexibility index (Phi) is 5.49. The molecule has 2 aromatic rings. The quantitative estimate of drug-likeness (QED) is 0.585. The van der Waals surface area contributed by atoms with E-state index in [-0.39, 0.29) is 17.5 Å². The molecule has 1 fully saturated rings. The van der Waals surface area contributed by atoms with E-state index in [1.54, 1.807) is 33.0 Å². The molecule has 1 saturated heterocycles. The van der Waals surface area contributed by atoms with Crippen LogP contribution in [0.4, 0.5) is 4.39 Å². The number of amides is 1. The van der Waals surface area contributed by atoms with E-state index in [1.165, 1.54) is 17.0 Å². The number of carbonyl (C=O) groups excluding carboxylic acids is 2. The molecule has 28 heavy (non-hydrogen) atoms. The van der Waals surface area contributed by atoms with Crippen LogP contribution in [-0.2, 0) is 32.0 Å². The lowest BCUT2D eigenvalue weighted by Crippen LogP contribution is -2.25.